The van der Waals surface area contributed by atoms with Crippen LogP contribution in [0.4, 0.5) is 11.4 Å². The van der Waals surface area contributed by atoms with Gasteiger partial charge in [-0.3, -0.25) is 29.4 Å². The molecular formula is C16H16N2O7. The molecule has 0 saturated heterocycles. The number of nitro groups is 1. The maximum Gasteiger partial charge on any atom is 0.326 e. The van der Waals surface area contributed by atoms with Gasteiger partial charge in [0.25, 0.3) is 11.6 Å². The van der Waals surface area contributed by atoms with Gasteiger partial charge in [-0.05, 0) is 25.3 Å². The number of benzene rings is 1. The lowest BCUT2D eigenvalue weighted by Gasteiger charge is -2.29. The van der Waals surface area contributed by atoms with E-state index in [0.717, 1.165) is 17.7 Å². The molecule has 9 nitrogen and oxygen atoms in total. The first-order chi connectivity index (χ1) is 12.0. The van der Waals surface area contributed by atoms with Crippen LogP contribution in [0.15, 0.2) is 18.2 Å². The summed E-state index contributed by atoms with van der Waals surface area (Å²) in [6.07, 6.45) is 1.66. The Morgan fingerprint density at radius 1 is 1.36 bits per heavy atom. The van der Waals surface area contributed by atoms with Gasteiger partial charge in [0.05, 0.1) is 10.6 Å². The highest BCUT2D eigenvalue weighted by Crippen LogP contribution is 2.35. The van der Waals surface area contributed by atoms with Crippen LogP contribution < -0.4 is 9.64 Å². The zero-order valence-electron chi connectivity index (χ0n) is 13.3. The smallest absolute Gasteiger partial charge is 0.326 e. The second-order valence-corrected chi connectivity index (χ2v) is 5.87. The summed E-state index contributed by atoms with van der Waals surface area (Å²) in [5.74, 6) is -1.09. The molecule has 0 unspecified atom stereocenters. The van der Waals surface area contributed by atoms with Crippen LogP contribution in [0, 0.1) is 10.1 Å². The number of ketones is 1. The lowest BCUT2D eigenvalue weighted by Crippen LogP contribution is -2.43. The number of hydrogen-bond donors (Lipinski definition) is 0. The molecule has 2 aliphatic rings. The van der Waals surface area contributed by atoms with Crippen molar-refractivity contribution in [3.8, 4) is 5.75 Å². The predicted octanol–water partition coefficient (Wildman–Crippen LogP) is 1.38. The average Bonchev–Trinajstić information content (AvgIpc) is 2.59. The highest BCUT2D eigenvalue weighted by molar-refractivity contribution is 6.02. The third-order valence-electron chi connectivity index (χ3n) is 4.16. The van der Waals surface area contributed by atoms with Crippen LogP contribution in [0.1, 0.15) is 25.7 Å². The summed E-state index contributed by atoms with van der Waals surface area (Å²) >= 11 is 0. The molecule has 0 spiro atoms. The second-order valence-electron chi connectivity index (χ2n) is 5.87. The maximum absolute atomic E-state index is 12.2. The summed E-state index contributed by atoms with van der Waals surface area (Å²) in [5.41, 5.74) is -0.0877. The Balaban J connectivity index is 1.76. The fraction of sp³-hybridized carbons (Fsp3) is 0.438. The number of Topliss-reactive ketones (excluding diaryl/α,β-unsaturated/α-hetero) is 1. The Kier molecular flexibility index (Phi) is 4.64. The minimum Gasteiger partial charge on any atom is -0.482 e. The lowest BCUT2D eigenvalue weighted by molar-refractivity contribution is -0.384. The molecular weight excluding hydrogens is 332 g/mol. The molecule has 0 radical (unpaired) electrons. The van der Waals surface area contributed by atoms with Crippen molar-refractivity contribution in [2.75, 3.05) is 18.1 Å². The molecule has 0 N–H and O–H groups in total. The molecule has 0 bridgehead atoms. The van der Waals surface area contributed by atoms with Gasteiger partial charge in [0.2, 0.25) is 0 Å². The van der Waals surface area contributed by atoms with Crippen LogP contribution in [0.25, 0.3) is 0 Å². The largest absolute Gasteiger partial charge is 0.482 e. The van der Waals surface area contributed by atoms with Gasteiger partial charge < -0.3 is 9.47 Å². The van der Waals surface area contributed by atoms with Gasteiger partial charge in [-0.15, -0.1) is 0 Å². The van der Waals surface area contributed by atoms with Gasteiger partial charge in [0.15, 0.2) is 18.5 Å². The third kappa shape index (κ3) is 3.59. The Morgan fingerprint density at radius 2 is 2.16 bits per heavy atom. The Morgan fingerprint density at radius 3 is 2.88 bits per heavy atom. The van der Waals surface area contributed by atoms with Crippen LogP contribution in [0.2, 0.25) is 0 Å². The lowest BCUT2D eigenvalue weighted by atomic mass is 9.96. The molecule has 1 aliphatic carbocycles. The second kappa shape index (κ2) is 6.88. The van der Waals surface area contributed by atoms with Gasteiger partial charge in [-0.25, -0.2) is 0 Å². The summed E-state index contributed by atoms with van der Waals surface area (Å²) in [6.45, 7) is -0.708. The summed E-state index contributed by atoms with van der Waals surface area (Å²) in [5, 5.41) is 10.9. The van der Waals surface area contributed by atoms with Crippen molar-refractivity contribution in [2.24, 2.45) is 0 Å². The highest BCUT2D eigenvalue weighted by atomic mass is 16.6. The first-order valence-corrected chi connectivity index (χ1v) is 7.89. The maximum atomic E-state index is 12.2. The molecule has 1 heterocycles. The van der Waals surface area contributed by atoms with E-state index in [1.807, 2.05) is 0 Å². The zero-order valence-corrected chi connectivity index (χ0v) is 13.3. The summed E-state index contributed by atoms with van der Waals surface area (Å²) < 4.78 is 10.4. The molecule has 1 aromatic carbocycles. The van der Waals surface area contributed by atoms with Crippen molar-refractivity contribution in [2.45, 2.75) is 31.8 Å². The number of non-ortho nitro benzene ring substituents is 1. The van der Waals surface area contributed by atoms with E-state index in [9.17, 15) is 24.5 Å². The van der Waals surface area contributed by atoms with E-state index in [0.29, 0.717) is 12.8 Å². The predicted molar refractivity (Wildman–Crippen MR) is 84.3 cm³/mol. The van der Waals surface area contributed by atoms with Crippen LogP contribution >= 0.6 is 0 Å². The SMILES string of the molecule is O=C(CN1C(=O)COc2ccc([N+](=O)[O-])cc21)O[C@H]1CCCCC1=O. The molecule has 25 heavy (non-hydrogen) atoms. The Labute approximate surface area is 142 Å². The number of anilines is 1. The van der Waals surface area contributed by atoms with E-state index in [4.69, 9.17) is 9.47 Å². The average molecular weight is 348 g/mol. The molecule has 1 aromatic rings. The molecule has 1 atom stereocenters. The molecule has 132 valence electrons. The molecule has 9 heteroatoms. The Bertz CT molecular complexity index is 746. The van der Waals surface area contributed by atoms with Crippen molar-refractivity contribution in [3.63, 3.8) is 0 Å². The van der Waals surface area contributed by atoms with Gasteiger partial charge in [0, 0.05) is 18.6 Å². The molecule has 1 fully saturated rings. The van der Waals surface area contributed by atoms with E-state index in [-0.39, 0.29) is 29.5 Å². The minimum atomic E-state index is -0.776. The van der Waals surface area contributed by atoms with E-state index in [1.165, 1.54) is 18.2 Å². The fourth-order valence-corrected chi connectivity index (χ4v) is 2.88. The van der Waals surface area contributed by atoms with E-state index in [2.05, 4.69) is 0 Å². The first kappa shape index (κ1) is 16.9. The van der Waals surface area contributed by atoms with Crippen LogP contribution in [-0.2, 0) is 19.1 Å². The molecule has 1 aliphatic heterocycles. The summed E-state index contributed by atoms with van der Waals surface area (Å²) in [7, 11) is 0. The van der Waals surface area contributed by atoms with E-state index >= 15 is 0 Å². The summed E-state index contributed by atoms with van der Waals surface area (Å²) in [6, 6.07) is 3.81. The van der Waals surface area contributed by atoms with Crippen LogP contribution in [0.3, 0.4) is 0 Å². The standard InChI is InChI=1S/C16H16N2O7/c19-12-3-1-2-4-14(12)25-16(21)8-17-11-7-10(18(22)23)5-6-13(11)24-9-15(17)20/h5-7,14H,1-4,8-9H2/t14-/m0/s1. The topological polar surface area (TPSA) is 116 Å². The van der Waals surface area contributed by atoms with E-state index < -0.39 is 29.4 Å². The molecule has 1 saturated carbocycles. The highest BCUT2D eigenvalue weighted by Gasteiger charge is 2.32. The molecule has 0 aromatic heterocycles. The van der Waals surface area contributed by atoms with Gasteiger partial charge in [-0.1, -0.05) is 0 Å². The van der Waals surface area contributed by atoms with Crippen LogP contribution in [-0.4, -0.2) is 41.8 Å². The normalized spacial score (nSPS) is 19.8. The van der Waals surface area contributed by atoms with Crippen molar-refractivity contribution in [1.29, 1.82) is 0 Å². The van der Waals surface area contributed by atoms with Crippen molar-refractivity contribution in [1.82, 2.24) is 0 Å². The van der Waals surface area contributed by atoms with Crippen molar-refractivity contribution < 1.29 is 28.8 Å². The van der Waals surface area contributed by atoms with Gasteiger partial charge in [-0.2, -0.15) is 0 Å². The first-order valence-electron chi connectivity index (χ1n) is 7.89. The molecule has 1 amide bonds. The van der Waals surface area contributed by atoms with Crippen LogP contribution in [0.5, 0.6) is 5.75 Å². The number of nitrogens with zero attached hydrogens (tertiary/aromatic N) is 2. The number of rotatable bonds is 4. The van der Waals surface area contributed by atoms with Gasteiger partial charge in [0.1, 0.15) is 12.3 Å². The van der Waals surface area contributed by atoms with Crippen molar-refractivity contribution in [3.05, 3.63) is 28.3 Å². The fourth-order valence-electron chi connectivity index (χ4n) is 2.88. The number of carbonyl (C=O) groups excluding carboxylic acids is 3. The zero-order chi connectivity index (χ0) is 18.0. The van der Waals surface area contributed by atoms with Gasteiger partial charge >= 0.3 is 5.97 Å². The number of carbonyl (C=O) groups is 3. The number of esters is 1. The third-order valence-corrected chi connectivity index (χ3v) is 4.16. The Hall–Kier alpha value is -2.97. The number of ether oxygens (including phenoxy) is 2. The number of fused-ring (bicyclic) bond motifs is 1. The van der Waals surface area contributed by atoms with E-state index in [1.54, 1.807) is 0 Å². The number of hydrogen-bond acceptors (Lipinski definition) is 7. The van der Waals surface area contributed by atoms with Crippen molar-refractivity contribution >= 4 is 29.0 Å². The molecule has 3 rings (SSSR count). The monoisotopic (exact) mass is 348 g/mol. The number of amides is 1. The summed E-state index contributed by atoms with van der Waals surface area (Å²) in [4.78, 5) is 47.4. The number of nitro benzene ring substituents is 1. The quantitative estimate of drug-likeness (QED) is 0.458. The minimum absolute atomic E-state index is 0.121.